The van der Waals surface area contributed by atoms with Gasteiger partial charge in [-0.2, -0.15) is 13.2 Å². The second-order valence-electron chi connectivity index (χ2n) is 7.17. The van der Waals surface area contributed by atoms with E-state index in [4.69, 9.17) is 5.73 Å². The second-order valence-corrected chi connectivity index (χ2v) is 7.17. The molecule has 0 aromatic heterocycles. The zero-order valence-electron chi connectivity index (χ0n) is 16.2. The lowest BCUT2D eigenvalue weighted by Crippen LogP contribution is -2.39. The van der Waals surface area contributed by atoms with Gasteiger partial charge in [0.25, 0.3) is 0 Å². The molecule has 30 heavy (non-hydrogen) atoms. The number of para-hydroxylation sites is 1. The lowest BCUT2D eigenvalue weighted by atomic mass is 10.1. The van der Waals surface area contributed by atoms with Gasteiger partial charge in [-0.3, -0.25) is 14.5 Å². The normalized spacial score (nSPS) is 17.0. The van der Waals surface area contributed by atoms with Crippen LogP contribution in [0.5, 0.6) is 0 Å². The number of carbonyl (C=O) groups is 2. The fourth-order valence-corrected chi connectivity index (χ4v) is 3.52. The molecule has 1 heterocycles. The molecule has 1 saturated heterocycles. The van der Waals surface area contributed by atoms with Crippen LogP contribution in [-0.2, 0) is 22.3 Å². The number of nitrogens with two attached hydrogens (primary N) is 1. The molecule has 4 N–H and O–H groups in total. The van der Waals surface area contributed by atoms with Gasteiger partial charge in [0.2, 0.25) is 11.8 Å². The zero-order chi connectivity index (χ0) is 21.7. The molecule has 2 amide bonds. The van der Waals surface area contributed by atoms with E-state index in [-0.39, 0.29) is 24.2 Å². The first-order valence-corrected chi connectivity index (χ1v) is 9.56. The summed E-state index contributed by atoms with van der Waals surface area (Å²) in [5.41, 5.74) is 6.30. The lowest BCUT2D eigenvalue weighted by molar-refractivity contribution is -0.137. The van der Waals surface area contributed by atoms with E-state index in [0.29, 0.717) is 18.7 Å². The van der Waals surface area contributed by atoms with Gasteiger partial charge in [0, 0.05) is 17.9 Å². The highest BCUT2D eigenvalue weighted by atomic mass is 19.4. The van der Waals surface area contributed by atoms with Gasteiger partial charge in [-0.15, -0.1) is 0 Å². The van der Waals surface area contributed by atoms with Crippen LogP contribution in [-0.4, -0.2) is 35.8 Å². The van der Waals surface area contributed by atoms with Crippen LogP contribution in [0, 0.1) is 0 Å². The van der Waals surface area contributed by atoms with Gasteiger partial charge in [0.1, 0.15) is 0 Å². The highest BCUT2D eigenvalue weighted by molar-refractivity contribution is 5.94. The summed E-state index contributed by atoms with van der Waals surface area (Å²) in [5, 5.41) is 5.49. The molecular weight excluding hydrogens is 397 g/mol. The first-order valence-electron chi connectivity index (χ1n) is 9.56. The molecule has 1 atom stereocenters. The van der Waals surface area contributed by atoms with Gasteiger partial charge in [0.05, 0.1) is 18.2 Å². The highest BCUT2D eigenvalue weighted by Crippen LogP contribution is 2.30. The molecule has 0 bridgehead atoms. The van der Waals surface area contributed by atoms with Crippen molar-refractivity contribution >= 4 is 23.2 Å². The number of nitrogens with one attached hydrogen (secondary N) is 2. The van der Waals surface area contributed by atoms with E-state index in [2.05, 4.69) is 10.6 Å². The van der Waals surface area contributed by atoms with Crippen molar-refractivity contribution in [1.29, 1.82) is 0 Å². The topological polar surface area (TPSA) is 87.5 Å². The monoisotopic (exact) mass is 420 g/mol. The summed E-state index contributed by atoms with van der Waals surface area (Å²) in [6, 6.07) is 11.6. The van der Waals surface area contributed by atoms with Gasteiger partial charge in [0.15, 0.2) is 0 Å². The van der Waals surface area contributed by atoms with E-state index < -0.39 is 17.6 Å². The van der Waals surface area contributed by atoms with E-state index in [1.807, 2.05) is 17.0 Å². The summed E-state index contributed by atoms with van der Waals surface area (Å²) in [6.07, 6.45) is -2.86. The number of alkyl halides is 3. The van der Waals surface area contributed by atoms with Crippen LogP contribution in [0.1, 0.15) is 24.0 Å². The Balaban J connectivity index is 1.62. The Bertz CT molecular complexity index is 917. The Labute approximate surface area is 172 Å². The number of likely N-dealkylation sites (tertiary alicyclic amines) is 1. The van der Waals surface area contributed by atoms with Crippen LogP contribution in [0.4, 0.5) is 24.5 Å². The third-order valence-electron chi connectivity index (χ3n) is 5.00. The molecule has 3 rings (SSSR count). The third-order valence-corrected chi connectivity index (χ3v) is 5.00. The van der Waals surface area contributed by atoms with Crippen molar-refractivity contribution in [2.45, 2.75) is 31.6 Å². The van der Waals surface area contributed by atoms with E-state index in [0.717, 1.165) is 30.7 Å². The molecule has 0 aliphatic carbocycles. The minimum absolute atomic E-state index is 0.191. The molecule has 1 aliphatic heterocycles. The number of nitrogens with zero attached hydrogens (tertiary/aromatic N) is 1. The third kappa shape index (κ3) is 5.50. The fourth-order valence-electron chi connectivity index (χ4n) is 3.52. The van der Waals surface area contributed by atoms with Crippen LogP contribution in [0.15, 0.2) is 48.5 Å². The van der Waals surface area contributed by atoms with Crippen molar-refractivity contribution in [2.75, 3.05) is 23.7 Å². The quantitative estimate of drug-likeness (QED) is 0.642. The maximum atomic E-state index is 12.8. The average Bonchev–Trinajstić information content (AvgIpc) is 3.16. The van der Waals surface area contributed by atoms with E-state index >= 15 is 0 Å². The summed E-state index contributed by atoms with van der Waals surface area (Å²) < 4.78 is 38.4. The Morgan fingerprint density at radius 1 is 1.13 bits per heavy atom. The van der Waals surface area contributed by atoms with E-state index in [1.54, 1.807) is 12.1 Å². The van der Waals surface area contributed by atoms with Gasteiger partial charge in [-0.25, -0.2) is 0 Å². The average molecular weight is 420 g/mol. The van der Waals surface area contributed by atoms with Crippen LogP contribution in [0.3, 0.4) is 0 Å². The van der Waals surface area contributed by atoms with Crippen LogP contribution in [0.25, 0.3) is 0 Å². The number of amides is 2. The number of hydrogen-bond donors (Lipinski definition) is 3. The fraction of sp³-hybridized carbons (Fsp3) is 0.333. The van der Waals surface area contributed by atoms with E-state index in [1.165, 1.54) is 12.1 Å². The Morgan fingerprint density at radius 3 is 2.63 bits per heavy atom. The number of primary amides is 1. The first kappa shape index (κ1) is 21.6. The van der Waals surface area contributed by atoms with Crippen molar-refractivity contribution < 1.29 is 22.8 Å². The maximum Gasteiger partial charge on any atom is 0.416 e. The number of halogens is 3. The summed E-state index contributed by atoms with van der Waals surface area (Å²) >= 11 is 0. The first-order chi connectivity index (χ1) is 14.2. The largest absolute Gasteiger partial charge is 0.416 e. The summed E-state index contributed by atoms with van der Waals surface area (Å²) in [7, 11) is 0. The Morgan fingerprint density at radius 2 is 1.90 bits per heavy atom. The predicted octanol–water partition coefficient (Wildman–Crippen LogP) is 3.21. The molecule has 0 spiro atoms. The van der Waals surface area contributed by atoms with Crippen LogP contribution < -0.4 is 16.4 Å². The van der Waals surface area contributed by atoms with Gasteiger partial charge in [-0.05, 0) is 49.2 Å². The molecule has 9 heteroatoms. The standard InChI is InChI=1S/C21H23F3N4O2/c22-21(23,24)15-6-3-7-16(11-15)26-12-19(29)27-17-8-2-1-5-14(17)13-28-10-4-9-18(28)20(25)30/h1-3,5-8,11,18,26H,4,9-10,12-13H2,(H2,25,30)(H,27,29). The van der Waals surface area contributed by atoms with Gasteiger partial charge >= 0.3 is 6.18 Å². The van der Waals surface area contributed by atoms with Crippen molar-refractivity contribution in [3.05, 3.63) is 59.7 Å². The lowest BCUT2D eigenvalue weighted by Gasteiger charge is -2.23. The zero-order valence-corrected chi connectivity index (χ0v) is 16.2. The molecule has 160 valence electrons. The number of rotatable bonds is 7. The summed E-state index contributed by atoms with van der Waals surface area (Å²) in [6.45, 7) is 1.02. The molecule has 1 aliphatic rings. The van der Waals surface area contributed by atoms with Crippen molar-refractivity contribution in [2.24, 2.45) is 5.73 Å². The molecular formula is C21H23F3N4O2. The van der Waals surface area contributed by atoms with Gasteiger partial charge in [-0.1, -0.05) is 24.3 Å². The van der Waals surface area contributed by atoms with Crippen LogP contribution in [0.2, 0.25) is 0 Å². The predicted molar refractivity (Wildman–Crippen MR) is 108 cm³/mol. The molecule has 0 radical (unpaired) electrons. The smallest absolute Gasteiger partial charge is 0.376 e. The maximum absolute atomic E-state index is 12.8. The number of benzene rings is 2. The van der Waals surface area contributed by atoms with Crippen LogP contribution >= 0.6 is 0 Å². The van der Waals surface area contributed by atoms with Crippen molar-refractivity contribution in [1.82, 2.24) is 4.90 Å². The van der Waals surface area contributed by atoms with Crippen molar-refractivity contribution in [3.8, 4) is 0 Å². The van der Waals surface area contributed by atoms with Gasteiger partial charge < -0.3 is 16.4 Å². The number of hydrogen-bond acceptors (Lipinski definition) is 4. The second kappa shape index (κ2) is 9.17. The number of carbonyl (C=O) groups excluding carboxylic acids is 2. The number of anilines is 2. The summed E-state index contributed by atoms with van der Waals surface area (Å²) in [5.74, 6) is -0.757. The SMILES string of the molecule is NC(=O)C1CCCN1Cc1ccccc1NC(=O)CNc1cccc(C(F)(F)F)c1. The Hall–Kier alpha value is -3.07. The minimum atomic E-state index is -4.45. The molecule has 2 aromatic rings. The van der Waals surface area contributed by atoms with Crippen molar-refractivity contribution in [3.63, 3.8) is 0 Å². The molecule has 6 nitrogen and oxygen atoms in total. The molecule has 0 saturated carbocycles. The Kier molecular flexibility index (Phi) is 6.61. The van der Waals surface area contributed by atoms with E-state index in [9.17, 15) is 22.8 Å². The molecule has 2 aromatic carbocycles. The molecule has 1 fully saturated rings. The minimum Gasteiger partial charge on any atom is -0.376 e. The molecule has 1 unspecified atom stereocenters. The highest BCUT2D eigenvalue weighted by Gasteiger charge is 2.31. The summed E-state index contributed by atoms with van der Waals surface area (Å²) in [4.78, 5) is 25.9.